The third-order valence-corrected chi connectivity index (χ3v) is 2.56. The van der Waals surface area contributed by atoms with E-state index >= 15 is 0 Å². The summed E-state index contributed by atoms with van der Waals surface area (Å²) in [5, 5.41) is 12.7. The van der Waals surface area contributed by atoms with Crippen molar-refractivity contribution in [1.82, 2.24) is 9.55 Å². The van der Waals surface area contributed by atoms with Crippen molar-refractivity contribution in [2.24, 2.45) is 0 Å². The van der Waals surface area contributed by atoms with Gasteiger partial charge < -0.3 is 15.0 Å². The van der Waals surface area contributed by atoms with E-state index in [1.165, 1.54) is 6.92 Å². The quantitative estimate of drug-likeness (QED) is 0.859. The van der Waals surface area contributed by atoms with Gasteiger partial charge in [0.1, 0.15) is 0 Å². The van der Waals surface area contributed by atoms with Crippen LogP contribution in [0.15, 0.2) is 43.0 Å². The van der Waals surface area contributed by atoms with Crippen LogP contribution < -0.4 is 5.32 Å². The van der Waals surface area contributed by atoms with Crippen LogP contribution in [0.1, 0.15) is 18.6 Å². The number of amides is 1. The zero-order valence-electron chi connectivity index (χ0n) is 10.1. The van der Waals surface area contributed by atoms with E-state index in [1.807, 2.05) is 4.57 Å². The van der Waals surface area contributed by atoms with Crippen molar-refractivity contribution in [2.45, 2.75) is 19.6 Å². The number of carbonyl (C=O) groups is 1. The Hall–Kier alpha value is -2.14. The van der Waals surface area contributed by atoms with Crippen LogP contribution in [0, 0.1) is 0 Å². The number of hydrogen-bond donors (Lipinski definition) is 2. The number of nitrogens with one attached hydrogen (secondary N) is 1. The lowest BCUT2D eigenvalue weighted by atomic mass is 10.1. The molecule has 2 aromatic rings. The number of anilines is 1. The van der Waals surface area contributed by atoms with Crippen molar-refractivity contribution >= 4 is 11.6 Å². The first-order chi connectivity index (χ1) is 8.65. The van der Waals surface area contributed by atoms with Gasteiger partial charge >= 0.3 is 0 Å². The molecule has 94 valence electrons. The first-order valence-electron chi connectivity index (χ1n) is 5.66. The third kappa shape index (κ3) is 3.18. The molecule has 1 unspecified atom stereocenters. The predicted octanol–water partition coefficient (Wildman–Crippen LogP) is 1.58. The Balaban J connectivity index is 2.02. The van der Waals surface area contributed by atoms with E-state index in [0.29, 0.717) is 6.54 Å². The summed E-state index contributed by atoms with van der Waals surface area (Å²) in [6.07, 6.45) is 4.54. The fourth-order valence-electron chi connectivity index (χ4n) is 1.69. The average molecular weight is 245 g/mol. The van der Waals surface area contributed by atoms with Crippen molar-refractivity contribution < 1.29 is 9.90 Å². The number of imidazole rings is 1. The van der Waals surface area contributed by atoms with Gasteiger partial charge in [0, 0.05) is 25.0 Å². The van der Waals surface area contributed by atoms with Gasteiger partial charge in [-0.15, -0.1) is 0 Å². The summed E-state index contributed by atoms with van der Waals surface area (Å²) in [6, 6.07) is 7.14. The zero-order valence-corrected chi connectivity index (χ0v) is 10.1. The monoisotopic (exact) mass is 245 g/mol. The summed E-state index contributed by atoms with van der Waals surface area (Å²) >= 11 is 0. The van der Waals surface area contributed by atoms with Crippen LogP contribution >= 0.6 is 0 Å². The van der Waals surface area contributed by atoms with Crippen LogP contribution in [-0.2, 0) is 11.3 Å². The summed E-state index contributed by atoms with van der Waals surface area (Å²) in [5.74, 6) is -0.110. The number of carbonyl (C=O) groups excluding carboxylic acids is 1. The lowest BCUT2D eigenvalue weighted by molar-refractivity contribution is -0.114. The standard InChI is InChI=1S/C13H15N3O2/c1-10(17)15-12-4-2-11(3-5-12)13(18)8-16-7-6-14-9-16/h2-7,9,13,18H,8H2,1H3,(H,15,17). The molecule has 0 bridgehead atoms. The highest BCUT2D eigenvalue weighted by Gasteiger charge is 2.08. The molecule has 2 N–H and O–H groups in total. The molecule has 1 heterocycles. The highest BCUT2D eigenvalue weighted by Crippen LogP contribution is 2.17. The Morgan fingerprint density at radius 3 is 2.72 bits per heavy atom. The highest BCUT2D eigenvalue weighted by atomic mass is 16.3. The van der Waals surface area contributed by atoms with Gasteiger partial charge in [-0.25, -0.2) is 4.98 Å². The molecule has 1 aromatic heterocycles. The predicted molar refractivity (Wildman–Crippen MR) is 67.9 cm³/mol. The van der Waals surface area contributed by atoms with Gasteiger partial charge in [0.15, 0.2) is 0 Å². The van der Waals surface area contributed by atoms with Gasteiger partial charge in [-0.05, 0) is 17.7 Å². The molecule has 1 aromatic carbocycles. The van der Waals surface area contributed by atoms with Crippen LogP contribution in [0.4, 0.5) is 5.69 Å². The fourth-order valence-corrected chi connectivity index (χ4v) is 1.69. The Labute approximate surface area is 105 Å². The Bertz CT molecular complexity index is 506. The second-order valence-electron chi connectivity index (χ2n) is 4.08. The summed E-state index contributed by atoms with van der Waals surface area (Å²) < 4.78 is 1.81. The summed E-state index contributed by atoms with van der Waals surface area (Å²) in [6.45, 7) is 1.92. The molecule has 0 saturated carbocycles. The minimum Gasteiger partial charge on any atom is -0.387 e. The molecule has 18 heavy (non-hydrogen) atoms. The van der Waals surface area contributed by atoms with Crippen LogP contribution in [0.5, 0.6) is 0 Å². The molecule has 2 rings (SSSR count). The van der Waals surface area contributed by atoms with Crippen LogP contribution in [0.25, 0.3) is 0 Å². The largest absolute Gasteiger partial charge is 0.387 e. The van der Waals surface area contributed by atoms with E-state index < -0.39 is 6.10 Å². The molecule has 5 heteroatoms. The van der Waals surface area contributed by atoms with E-state index in [1.54, 1.807) is 43.0 Å². The molecule has 0 aliphatic carbocycles. The van der Waals surface area contributed by atoms with Gasteiger partial charge in [-0.1, -0.05) is 12.1 Å². The Morgan fingerprint density at radius 1 is 1.44 bits per heavy atom. The van der Waals surface area contributed by atoms with Crippen molar-refractivity contribution in [2.75, 3.05) is 5.32 Å². The summed E-state index contributed by atoms with van der Waals surface area (Å²) in [7, 11) is 0. The molecular formula is C13H15N3O2. The summed E-state index contributed by atoms with van der Waals surface area (Å²) in [5.41, 5.74) is 1.53. The first-order valence-corrected chi connectivity index (χ1v) is 5.66. The Kier molecular flexibility index (Phi) is 3.74. The molecule has 0 saturated heterocycles. The van der Waals surface area contributed by atoms with Crippen molar-refractivity contribution in [3.05, 3.63) is 48.5 Å². The van der Waals surface area contributed by atoms with Crippen molar-refractivity contribution in [3.63, 3.8) is 0 Å². The number of rotatable bonds is 4. The Morgan fingerprint density at radius 2 is 2.17 bits per heavy atom. The van der Waals surface area contributed by atoms with Crippen LogP contribution in [-0.4, -0.2) is 20.6 Å². The second kappa shape index (κ2) is 5.46. The van der Waals surface area contributed by atoms with Crippen molar-refractivity contribution in [3.8, 4) is 0 Å². The molecule has 1 amide bonds. The van der Waals surface area contributed by atoms with E-state index in [0.717, 1.165) is 11.3 Å². The van der Waals surface area contributed by atoms with E-state index in [2.05, 4.69) is 10.3 Å². The molecule has 1 atom stereocenters. The zero-order chi connectivity index (χ0) is 13.0. The number of aromatic nitrogens is 2. The number of benzene rings is 1. The van der Waals surface area contributed by atoms with Gasteiger partial charge in [0.25, 0.3) is 0 Å². The summed E-state index contributed by atoms with van der Waals surface area (Å²) in [4.78, 5) is 14.8. The number of hydrogen-bond acceptors (Lipinski definition) is 3. The highest BCUT2D eigenvalue weighted by molar-refractivity contribution is 5.88. The smallest absolute Gasteiger partial charge is 0.221 e. The van der Waals surface area contributed by atoms with Crippen LogP contribution in [0.2, 0.25) is 0 Å². The van der Waals surface area contributed by atoms with Gasteiger partial charge in [-0.3, -0.25) is 4.79 Å². The molecule has 0 aliphatic heterocycles. The average Bonchev–Trinajstić information content (AvgIpc) is 2.82. The first kappa shape index (κ1) is 12.3. The van der Waals surface area contributed by atoms with E-state index in [-0.39, 0.29) is 5.91 Å². The van der Waals surface area contributed by atoms with Crippen molar-refractivity contribution in [1.29, 1.82) is 0 Å². The maximum Gasteiger partial charge on any atom is 0.221 e. The molecule has 5 nitrogen and oxygen atoms in total. The normalized spacial score (nSPS) is 12.1. The number of nitrogens with zero attached hydrogens (tertiary/aromatic N) is 2. The lowest BCUT2D eigenvalue weighted by Gasteiger charge is -2.12. The minimum atomic E-state index is -0.592. The topological polar surface area (TPSA) is 67.2 Å². The second-order valence-corrected chi connectivity index (χ2v) is 4.08. The van der Waals surface area contributed by atoms with Gasteiger partial charge in [-0.2, -0.15) is 0 Å². The number of aliphatic hydroxyl groups excluding tert-OH is 1. The molecule has 0 radical (unpaired) electrons. The maximum absolute atomic E-state index is 10.9. The minimum absolute atomic E-state index is 0.110. The molecule has 0 fully saturated rings. The molecule has 0 aliphatic rings. The lowest BCUT2D eigenvalue weighted by Crippen LogP contribution is -2.08. The van der Waals surface area contributed by atoms with Gasteiger partial charge in [0.05, 0.1) is 19.0 Å². The maximum atomic E-state index is 10.9. The number of aliphatic hydroxyl groups is 1. The molecule has 0 spiro atoms. The fraction of sp³-hybridized carbons (Fsp3) is 0.231. The van der Waals surface area contributed by atoms with Crippen LogP contribution in [0.3, 0.4) is 0 Å². The van der Waals surface area contributed by atoms with Gasteiger partial charge in [0.2, 0.25) is 5.91 Å². The molecular weight excluding hydrogens is 230 g/mol. The van der Waals surface area contributed by atoms with E-state index in [4.69, 9.17) is 0 Å². The van der Waals surface area contributed by atoms with E-state index in [9.17, 15) is 9.90 Å². The third-order valence-electron chi connectivity index (χ3n) is 2.56. The SMILES string of the molecule is CC(=O)Nc1ccc(C(O)Cn2ccnc2)cc1.